The maximum Gasteiger partial charge on any atom is 0.305 e. The molecule has 0 aromatic rings. The predicted octanol–water partition coefficient (Wildman–Crippen LogP) is 1.74. The summed E-state index contributed by atoms with van der Waals surface area (Å²) in [6, 6.07) is 0. The van der Waals surface area contributed by atoms with Crippen LogP contribution in [0.4, 0.5) is 0 Å². The summed E-state index contributed by atoms with van der Waals surface area (Å²) in [6.45, 7) is 2.11. The zero-order valence-corrected chi connectivity index (χ0v) is 7.99. The van der Waals surface area contributed by atoms with Crippen LogP contribution in [0.2, 0.25) is 0 Å². The van der Waals surface area contributed by atoms with E-state index in [9.17, 15) is 4.79 Å². The van der Waals surface area contributed by atoms with Crippen molar-refractivity contribution in [2.75, 3.05) is 7.11 Å². The largest absolute Gasteiger partial charge is 0.469 e. The van der Waals surface area contributed by atoms with Crippen LogP contribution in [0.3, 0.4) is 0 Å². The van der Waals surface area contributed by atoms with Gasteiger partial charge in [0, 0.05) is 25.0 Å². The van der Waals surface area contributed by atoms with E-state index in [-0.39, 0.29) is 24.5 Å². The molecule has 0 saturated carbocycles. The molecule has 0 unspecified atom stereocenters. The van der Waals surface area contributed by atoms with Gasteiger partial charge in [-0.25, -0.2) is 0 Å². The van der Waals surface area contributed by atoms with Crippen LogP contribution in [0.25, 0.3) is 0 Å². The summed E-state index contributed by atoms with van der Waals surface area (Å²) in [4.78, 5) is 10.5. The van der Waals surface area contributed by atoms with Gasteiger partial charge in [0.05, 0.1) is 7.11 Å². The molecule has 0 heterocycles. The van der Waals surface area contributed by atoms with E-state index < -0.39 is 0 Å². The Morgan fingerprint density at radius 1 is 1.40 bits per heavy atom. The summed E-state index contributed by atoms with van der Waals surface area (Å²) < 4.78 is 4.46. The van der Waals surface area contributed by atoms with Gasteiger partial charge in [0.25, 0.3) is 0 Å². The first-order valence-corrected chi connectivity index (χ1v) is 3.38. The van der Waals surface area contributed by atoms with Gasteiger partial charge in [-0.15, -0.1) is 0 Å². The van der Waals surface area contributed by atoms with Gasteiger partial charge in [-0.3, -0.25) is 4.79 Å². The number of rotatable bonds is 4. The molecule has 0 fully saturated rings. The zero-order chi connectivity index (χ0) is 7.11. The molecule has 0 aromatic heterocycles. The number of carbonyl (C=O) groups is 1. The van der Waals surface area contributed by atoms with E-state index in [2.05, 4.69) is 11.7 Å². The summed E-state index contributed by atoms with van der Waals surface area (Å²) in [7, 11) is 1.42. The molecule has 0 rings (SSSR count). The third kappa shape index (κ3) is 8.05. The monoisotopic (exact) mass is 181 g/mol. The summed E-state index contributed by atoms with van der Waals surface area (Å²) >= 11 is 0. The Bertz CT molecular complexity index is 83.7. The summed E-state index contributed by atoms with van der Waals surface area (Å²) in [5.41, 5.74) is 0. The number of carbonyl (C=O) groups excluding carboxylic acids is 1. The Morgan fingerprint density at radius 2 is 2.00 bits per heavy atom. The first-order valence-electron chi connectivity index (χ1n) is 3.38. The second-order valence-corrected chi connectivity index (χ2v) is 2.03. The number of esters is 1. The molecule has 0 amide bonds. The molecule has 0 atom stereocenters. The molecule has 0 bridgehead atoms. The van der Waals surface area contributed by atoms with E-state index in [1.54, 1.807) is 0 Å². The van der Waals surface area contributed by atoms with Crippen molar-refractivity contribution in [2.45, 2.75) is 32.6 Å². The van der Waals surface area contributed by atoms with Crippen molar-refractivity contribution in [1.29, 1.82) is 0 Å². The average molecular weight is 181 g/mol. The topological polar surface area (TPSA) is 26.3 Å². The van der Waals surface area contributed by atoms with Gasteiger partial charge in [0.2, 0.25) is 0 Å². The van der Waals surface area contributed by atoms with E-state index in [0.717, 1.165) is 19.3 Å². The van der Waals surface area contributed by atoms with Gasteiger partial charge in [-0.1, -0.05) is 19.8 Å². The van der Waals surface area contributed by atoms with Crippen molar-refractivity contribution in [1.82, 2.24) is 0 Å². The maximum atomic E-state index is 10.5. The molecular weight excluding hydrogens is 167 g/mol. The summed E-state index contributed by atoms with van der Waals surface area (Å²) in [6.07, 6.45) is 3.81. The molecule has 10 heavy (non-hydrogen) atoms. The molecule has 0 spiro atoms. The average Bonchev–Trinajstić information content (AvgIpc) is 1.89. The molecule has 0 aliphatic heterocycles. The number of hydrogen-bond acceptors (Lipinski definition) is 2. The SMILES string of the molecule is CCCCCC(=O)OC.[V]. The van der Waals surface area contributed by atoms with Crippen molar-refractivity contribution in [2.24, 2.45) is 0 Å². The minimum absolute atomic E-state index is 0. The Hall–Kier alpha value is 0.0544. The minimum atomic E-state index is -0.0940. The maximum absolute atomic E-state index is 10.5. The predicted molar refractivity (Wildman–Crippen MR) is 36.2 cm³/mol. The van der Waals surface area contributed by atoms with Crippen molar-refractivity contribution < 1.29 is 28.1 Å². The fraction of sp³-hybridized carbons (Fsp3) is 0.857. The van der Waals surface area contributed by atoms with Crippen molar-refractivity contribution in [3.8, 4) is 0 Å². The van der Waals surface area contributed by atoms with Crippen molar-refractivity contribution in [3.63, 3.8) is 0 Å². The Kier molecular flexibility index (Phi) is 11.5. The third-order valence-electron chi connectivity index (χ3n) is 1.21. The Labute approximate surface area is 74.2 Å². The fourth-order valence-electron chi connectivity index (χ4n) is 0.621. The van der Waals surface area contributed by atoms with Gasteiger partial charge < -0.3 is 4.74 Å². The smallest absolute Gasteiger partial charge is 0.305 e. The summed E-state index contributed by atoms with van der Waals surface area (Å²) in [5.74, 6) is -0.0940. The zero-order valence-electron chi connectivity index (χ0n) is 6.59. The number of ether oxygens (including phenoxy) is 1. The molecule has 3 heteroatoms. The molecule has 0 saturated heterocycles. The van der Waals surface area contributed by atoms with Gasteiger partial charge in [-0.05, 0) is 6.42 Å². The molecule has 2 nitrogen and oxygen atoms in total. The van der Waals surface area contributed by atoms with Crippen LogP contribution in [0.5, 0.6) is 0 Å². The van der Waals surface area contributed by atoms with Crippen LogP contribution in [-0.2, 0) is 28.1 Å². The second kappa shape index (κ2) is 9.05. The quantitative estimate of drug-likeness (QED) is 0.487. The molecule has 1 radical (unpaired) electrons. The van der Waals surface area contributed by atoms with E-state index >= 15 is 0 Å². The van der Waals surface area contributed by atoms with Crippen LogP contribution in [0.1, 0.15) is 32.6 Å². The molecule has 0 aromatic carbocycles. The number of unbranched alkanes of at least 4 members (excludes halogenated alkanes) is 2. The third-order valence-corrected chi connectivity index (χ3v) is 1.21. The van der Waals surface area contributed by atoms with E-state index in [1.165, 1.54) is 7.11 Å². The summed E-state index contributed by atoms with van der Waals surface area (Å²) in [5, 5.41) is 0. The van der Waals surface area contributed by atoms with Gasteiger partial charge in [0.1, 0.15) is 0 Å². The number of hydrogen-bond donors (Lipinski definition) is 0. The van der Waals surface area contributed by atoms with Crippen molar-refractivity contribution in [3.05, 3.63) is 0 Å². The van der Waals surface area contributed by atoms with Gasteiger partial charge in [0.15, 0.2) is 0 Å². The first kappa shape index (κ1) is 12.7. The molecule has 0 aliphatic rings. The molecular formula is C7H14O2V. The van der Waals surface area contributed by atoms with Crippen LogP contribution in [-0.4, -0.2) is 13.1 Å². The molecule has 0 N–H and O–H groups in total. The Morgan fingerprint density at radius 3 is 2.40 bits per heavy atom. The minimum Gasteiger partial charge on any atom is -0.469 e. The van der Waals surface area contributed by atoms with Crippen LogP contribution < -0.4 is 0 Å². The van der Waals surface area contributed by atoms with Gasteiger partial charge in [-0.2, -0.15) is 0 Å². The first-order chi connectivity index (χ1) is 4.31. The van der Waals surface area contributed by atoms with Crippen LogP contribution >= 0.6 is 0 Å². The molecule has 59 valence electrons. The fourth-order valence-corrected chi connectivity index (χ4v) is 0.621. The van der Waals surface area contributed by atoms with E-state index in [4.69, 9.17) is 0 Å². The van der Waals surface area contributed by atoms with Crippen LogP contribution in [0.15, 0.2) is 0 Å². The van der Waals surface area contributed by atoms with Crippen LogP contribution in [0, 0.1) is 0 Å². The standard InChI is InChI=1S/C7H14O2.V/c1-3-4-5-6-7(8)9-2;/h3-6H2,1-2H3;. The number of methoxy groups -OCH3 is 1. The van der Waals surface area contributed by atoms with Gasteiger partial charge >= 0.3 is 5.97 Å². The molecule has 0 aliphatic carbocycles. The van der Waals surface area contributed by atoms with E-state index in [1.807, 2.05) is 0 Å². The Balaban J connectivity index is 0. The normalized spacial score (nSPS) is 8.20. The van der Waals surface area contributed by atoms with Crippen molar-refractivity contribution >= 4 is 5.97 Å². The van der Waals surface area contributed by atoms with E-state index in [0.29, 0.717) is 6.42 Å². The second-order valence-electron chi connectivity index (χ2n) is 2.03.